The van der Waals surface area contributed by atoms with Gasteiger partial charge in [0.05, 0.1) is 6.54 Å². The molecule has 0 aliphatic carbocycles. The van der Waals surface area contributed by atoms with E-state index in [1.165, 1.54) is 12.1 Å². The fraction of sp³-hybridized carbons (Fsp3) is 0.529. The fourth-order valence-electron chi connectivity index (χ4n) is 2.52. The molecule has 0 saturated carbocycles. The number of amides is 1. The molecule has 7 heteroatoms. The highest BCUT2D eigenvalue weighted by atomic mass is 19.1. The molecule has 1 amide bonds. The summed E-state index contributed by atoms with van der Waals surface area (Å²) in [7, 11) is 0. The van der Waals surface area contributed by atoms with Crippen LogP contribution in [0.25, 0.3) is 0 Å². The van der Waals surface area contributed by atoms with E-state index in [9.17, 15) is 19.1 Å². The Morgan fingerprint density at radius 3 is 2.54 bits per heavy atom. The van der Waals surface area contributed by atoms with Crippen LogP contribution in [0.5, 0.6) is 5.75 Å². The molecule has 0 bridgehead atoms. The Labute approximate surface area is 140 Å². The number of ether oxygens (including phenoxy) is 2. The first-order valence-electron chi connectivity index (χ1n) is 7.72. The average molecular weight is 339 g/mol. The summed E-state index contributed by atoms with van der Waals surface area (Å²) in [5.41, 5.74) is -0.281. The molecule has 1 N–H and O–H groups in total. The summed E-state index contributed by atoms with van der Waals surface area (Å²) in [6.45, 7) is 6.86. The number of hydrogen-bond donors (Lipinski definition) is 1. The second-order valence-electron chi connectivity index (χ2n) is 6.87. The molecule has 1 saturated heterocycles. The van der Waals surface area contributed by atoms with Gasteiger partial charge in [-0.2, -0.15) is 0 Å². The predicted molar refractivity (Wildman–Crippen MR) is 84.5 cm³/mol. The first-order valence-corrected chi connectivity index (χ1v) is 7.72. The van der Waals surface area contributed by atoms with Crippen molar-refractivity contribution in [1.29, 1.82) is 0 Å². The van der Waals surface area contributed by atoms with Gasteiger partial charge in [-0.15, -0.1) is 0 Å². The van der Waals surface area contributed by atoms with Crippen molar-refractivity contribution in [2.24, 2.45) is 0 Å². The fourth-order valence-corrected chi connectivity index (χ4v) is 2.52. The average Bonchev–Trinajstić information content (AvgIpc) is 2.85. The van der Waals surface area contributed by atoms with Crippen LogP contribution in [0.2, 0.25) is 0 Å². The topological polar surface area (TPSA) is 76.1 Å². The van der Waals surface area contributed by atoms with Gasteiger partial charge in [0.1, 0.15) is 29.3 Å². The highest BCUT2D eigenvalue weighted by Gasteiger charge is 2.42. The van der Waals surface area contributed by atoms with Gasteiger partial charge in [0.2, 0.25) is 0 Å². The van der Waals surface area contributed by atoms with Crippen LogP contribution in [0.15, 0.2) is 18.2 Å². The normalized spacial score (nSPS) is 20.8. The monoisotopic (exact) mass is 339 g/mol. The lowest BCUT2D eigenvalue weighted by Gasteiger charge is -2.26. The lowest BCUT2D eigenvalue weighted by atomic mass is 10.2. The van der Waals surface area contributed by atoms with E-state index in [0.29, 0.717) is 11.3 Å². The molecular weight excluding hydrogens is 317 g/mol. The third kappa shape index (κ3) is 4.37. The Bertz CT molecular complexity index is 640. The SMILES string of the molecule is Cc1cc(OC2CC(C(=O)O)N(C(=O)OC(C)(C)C)C2)ccc1F. The van der Waals surface area contributed by atoms with Crippen molar-refractivity contribution in [3.63, 3.8) is 0 Å². The molecule has 1 aliphatic rings. The van der Waals surface area contributed by atoms with Crippen LogP contribution in [-0.2, 0) is 9.53 Å². The number of benzene rings is 1. The van der Waals surface area contributed by atoms with Crippen LogP contribution in [0.1, 0.15) is 32.8 Å². The van der Waals surface area contributed by atoms with Crippen molar-refractivity contribution in [2.45, 2.75) is 51.9 Å². The van der Waals surface area contributed by atoms with Crippen LogP contribution in [-0.4, -0.2) is 46.4 Å². The minimum Gasteiger partial charge on any atom is -0.488 e. The molecule has 0 aromatic heterocycles. The molecule has 2 unspecified atom stereocenters. The quantitative estimate of drug-likeness (QED) is 0.916. The zero-order valence-electron chi connectivity index (χ0n) is 14.2. The number of likely N-dealkylation sites (tertiary alicyclic amines) is 1. The molecular formula is C17H22FNO5. The number of carboxylic acids is 1. The maximum atomic E-state index is 13.3. The van der Waals surface area contributed by atoms with Crippen LogP contribution in [0.4, 0.5) is 9.18 Å². The highest BCUT2D eigenvalue weighted by Crippen LogP contribution is 2.26. The van der Waals surface area contributed by atoms with Gasteiger partial charge < -0.3 is 14.6 Å². The summed E-state index contributed by atoms with van der Waals surface area (Å²) >= 11 is 0. The van der Waals surface area contributed by atoms with E-state index in [-0.39, 0.29) is 18.8 Å². The smallest absolute Gasteiger partial charge is 0.411 e. The van der Waals surface area contributed by atoms with Gasteiger partial charge in [-0.05, 0) is 51.5 Å². The van der Waals surface area contributed by atoms with Crippen molar-refractivity contribution in [1.82, 2.24) is 4.90 Å². The molecule has 24 heavy (non-hydrogen) atoms. The first-order chi connectivity index (χ1) is 11.1. The Kier molecular flexibility index (Phi) is 5.01. The van der Waals surface area contributed by atoms with Crippen LogP contribution in [0.3, 0.4) is 0 Å². The molecule has 0 radical (unpaired) electrons. The summed E-state index contributed by atoms with van der Waals surface area (Å²) < 4.78 is 24.3. The summed E-state index contributed by atoms with van der Waals surface area (Å²) in [5, 5.41) is 9.34. The molecule has 1 fully saturated rings. The van der Waals surface area contributed by atoms with Crippen molar-refractivity contribution < 1.29 is 28.6 Å². The predicted octanol–water partition coefficient (Wildman–Crippen LogP) is 2.98. The lowest BCUT2D eigenvalue weighted by Crippen LogP contribution is -2.43. The second-order valence-corrected chi connectivity index (χ2v) is 6.87. The molecule has 1 heterocycles. The van der Waals surface area contributed by atoms with Crippen molar-refractivity contribution in [2.75, 3.05) is 6.54 Å². The van der Waals surface area contributed by atoms with Gasteiger partial charge in [-0.3, -0.25) is 4.90 Å². The first kappa shape index (κ1) is 18.0. The third-order valence-corrected chi connectivity index (χ3v) is 3.61. The molecule has 1 aliphatic heterocycles. The Hall–Kier alpha value is -2.31. The number of carbonyl (C=O) groups excluding carboxylic acids is 1. The largest absolute Gasteiger partial charge is 0.488 e. The zero-order chi connectivity index (χ0) is 18.1. The number of halogens is 1. The van der Waals surface area contributed by atoms with E-state index in [0.717, 1.165) is 4.90 Å². The molecule has 2 atom stereocenters. The zero-order valence-corrected chi connectivity index (χ0v) is 14.2. The van der Waals surface area contributed by atoms with Gasteiger partial charge in [0.25, 0.3) is 0 Å². The summed E-state index contributed by atoms with van der Waals surface area (Å²) in [6.07, 6.45) is -1.04. The van der Waals surface area contributed by atoms with Gasteiger partial charge in [-0.25, -0.2) is 14.0 Å². The van der Waals surface area contributed by atoms with Gasteiger partial charge in [0.15, 0.2) is 0 Å². The molecule has 132 valence electrons. The van der Waals surface area contributed by atoms with E-state index in [1.54, 1.807) is 33.8 Å². The summed E-state index contributed by atoms with van der Waals surface area (Å²) in [6, 6.07) is 3.31. The minimum atomic E-state index is -1.11. The van der Waals surface area contributed by atoms with Gasteiger partial charge >= 0.3 is 12.1 Å². The molecule has 0 spiro atoms. The Morgan fingerprint density at radius 1 is 1.33 bits per heavy atom. The van der Waals surface area contributed by atoms with Crippen LogP contribution >= 0.6 is 0 Å². The van der Waals surface area contributed by atoms with E-state index in [4.69, 9.17) is 9.47 Å². The maximum Gasteiger partial charge on any atom is 0.411 e. The van der Waals surface area contributed by atoms with Crippen molar-refractivity contribution >= 4 is 12.1 Å². The number of aryl methyl sites for hydroxylation is 1. The number of rotatable bonds is 3. The molecule has 2 rings (SSSR count). The number of aliphatic carboxylic acids is 1. The maximum absolute atomic E-state index is 13.3. The number of hydrogen-bond acceptors (Lipinski definition) is 4. The third-order valence-electron chi connectivity index (χ3n) is 3.61. The van der Waals surface area contributed by atoms with E-state index >= 15 is 0 Å². The molecule has 1 aromatic rings. The van der Waals surface area contributed by atoms with Gasteiger partial charge in [0, 0.05) is 6.42 Å². The second kappa shape index (κ2) is 6.67. The highest BCUT2D eigenvalue weighted by molar-refractivity contribution is 5.81. The Balaban J connectivity index is 2.10. The van der Waals surface area contributed by atoms with E-state index in [2.05, 4.69) is 0 Å². The number of carboxylic acid groups (broad SMARTS) is 1. The van der Waals surface area contributed by atoms with Gasteiger partial charge in [-0.1, -0.05) is 0 Å². The Morgan fingerprint density at radius 2 is 2.00 bits per heavy atom. The minimum absolute atomic E-state index is 0.0995. The standard InChI is InChI=1S/C17H22FNO5/c1-10-7-11(5-6-13(10)18)23-12-8-14(15(20)21)19(9-12)16(22)24-17(2,3)4/h5-7,12,14H,8-9H2,1-4H3,(H,20,21). The molecule has 6 nitrogen and oxygen atoms in total. The van der Waals surface area contributed by atoms with E-state index < -0.39 is 29.8 Å². The summed E-state index contributed by atoms with van der Waals surface area (Å²) in [5.74, 6) is -1.01. The number of nitrogens with zero attached hydrogens (tertiary/aromatic N) is 1. The van der Waals surface area contributed by atoms with Crippen LogP contribution in [0, 0.1) is 12.7 Å². The van der Waals surface area contributed by atoms with Crippen molar-refractivity contribution in [3.8, 4) is 5.75 Å². The number of carbonyl (C=O) groups is 2. The van der Waals surface area contributed by atoms with E-state index in [1.807, 2.05) is 0 Å². The molecule has 1 aromatic carbocycles. The van der Waals surface area contributed by atoms with Crippen molar-refractivity contribution in [3.05, 3.63) is 29.6 Å². The lowest BCUT2D eigenvalue weighted by molar-refractivity contribution is -0.142. The van der Waals surface area contributed by atoms with Crippen LogP contribution < -0.4 is 4.74 Å². The summed E-state index contributed by atoms with van der Waals surface area (Å²) in [4.78, 5) is 24.8.